The number of hydrogen-bond acceptors (Lipinski definition) is 1. The van der Waals surface area contributed by atoms with Crippen LogP contribution in [0.15, 0.2) is 12.1 Å². The molecular formula is C13H18ClN. The van der Waals surface area contributed by atoms with Crippen molar-refractivity contribution < 1.29 is 0 Å². The third kappa shape index (κ3) is 2.19. The fourth-order valence-electron chi connectivity index (χ4n) is 2.11. The standard InChI is InChI=1S/C13H18ClN/c1-9(2)11-6-10-4-5-15(3)8-12(10)13(14)7-11/h6-7,9H,4-5,8H2,1-3H3. The van der Waals surface area contributed by atoms with E-state index in [4.69, 9.17) is 11.6 Å². The van der Waals surface area contributed by atoms with E-state index in [1.54, 1.807) is 0 Å². The van der Waals surface area contributed by atoms with Crippen molar-refractivity contribution in [3.05, 3.63) is 33.8 Å². The van der Waals surface area contributed by atoms with E-state index < -0.39 is 0 Å². The van der Waals surface area contributed by atoms with Gasteiger partial charge in [-0.1, -0.05) is 31.5 Å². The van der Waals surface area contributed by atoms with Gasteiger partial charge in [-0.2, -0.15) is 0 Å². The van der Waals surface area contributed by atoms with Crippen LogP contribution in [0, 0.1) is 0 Å². The van der Waals surface area contributed by atoms with Gasteiger partial charge in [0.2, 0.25) is 0 Å². The molecule has 0 saturated heterocycles. The Balaban J connectivity index is 2.43. The Morgan fingerprint density at radius 3 is 2.73 bits per heavy atom. The molecule has 0 radical (unpaired) electrons. The average molecular weight is 224 g/mol. The van der Waals surface area contributed by atoms with Gasteiger partial charge < -0.3 is 4.90 Å². The van der Waals surface area contributed by atoms with Gasteiger partial charge in [0.15, 0.2) is 0 Å². The molecule has 1 aliphatic rings. The van der Waals surface area contributed by atoms with E-state index in [9.17, 15) is 0 Å². The van der Waals surface area contributed by atoms with Crippen LogP contribution in [0.3, 0.4) is 0 Å². The van der Waals surface area contributed by atoms with E-state index in [2.05, 4.69) is 37.9 Å². The molecule has 0 bridgehead atoms. The molecule has 1 heterocycles. The molecule has 0 atom stereocenters. The summed E-state index contributed by atoms with van der Waals surface area (Å²) in [6.07, 6.45) is 1.13. The van der Waals surface area contributed by atoms with Gasteiger partial charge in [-0.05, 0) is 42.1 Å². The summed E-state index contributed by atoms with van der Waals surface area (Å²) < 4.78 is 0. The Kier molecular flexibility index (Phi) is 3.03. The number of benzene rings is 1. The maximum absolute atomic E-state index is 6.33. The summed E-state index contributed by atoms with van der Waals surface area (Å²) in [5.41, 5.74) is 4.14. The summed E-state index contributed by atoms with van der Waals surface area (Å²) in [6, 6.07) is 4.46. The van der Waals surface area contributed by atoms with Gasteiger partial charge in [-0.25, -0.2) is 0 Å². The number of halogens is 1. The zero-order valence-electron chi connectivity index (χ0n) is 9.68. The molecule has 0 aliphatic carbocycles. The molecule has 1 aromatic rings. The first-order valence-electron chi connectivity index (χ1n) is 5.57. The van der Waals surface area contributed by atoms with Crippen molar-refractivity contribution in [2.75, 3.05) is 13.6 Å². The third-order valence-corrected chi connectivity index (χ3v) is 3.50. The zero-order valence-corrected chi connectivity index (χ0v) is 10.4. The van der Waals surface area contributed by atoms with E-state index in [-0.39, 0.29) is 0 Å². The highest BCUT2D eigenvalue weighted by Crippen LogP contribution is 2.30. The number of rotatable bonds is 1. The molecule has 2 heteroatoms. The number of nitrogens with zero attached hydrogens (tertiary/aromatic N) is 1. The highest BCUT2D eigenvalue weighted by molar-refractivity contribution is 6.31. The van der Waals surface area contributed by atoms with Gasteiger partial charge in [0, 0.05) is 18.1 Å². The molecule has 1 nitrogen and oxygen atoms in total. The molecule has 0 amide bonds. The molecule has 0 saturated carbocycles. The second-order valence-electron chi connectivity index (χ2n) is 4.78. The second kappa shape index (κ2) is 4.15. The van der Waals surface area contributed by atoms with Gasteiger partial charge in [0.1, 0.15) is 0 Å². The molecule has 82 valence electrons. The fraction of sp³-hybridized carbons (Fsp3) is 0.538. The van der Waals surface area contributed by atoms with E-state index in [1.165, 1.54) is 16.7 Å². The van der Waals surface area contributed by atoms with Crippen LogP contribution < -0.4 is 0 Å². The summed E-state index contributed by atoms with van der Waals surface area (Å²) in [7, 11) is 2.15. The lowest BCUT2D eigenvalue weighted by Crippen LogP contribution is -2.26. The van der Waals surface area contributed by atoms with Crippen molar-refractivity contribution in [1.29, 1.82) is 0 Å². The van der Waals surface area contributed by atoms with Gasteiger partial charge in [0.05, 0.1) is 0 Å². The SMILES string of the molecule is CC(C)c1cc(Cl)c2c(c1)CCN(C)C2. The predicted octanol–water partition coefficient (Wildman–Crippen LogP) is 3.45. The van der Waals surface area contributed by atoms with Crippen LogP contribution in [0.4, 0.5) is 0 Å². The molecule has 0 fully saturated rings. The summed E-state index contributed by atoms with van der Waals surface area (Å²) in [5, 5.41) is 0.947. The van der Waals surface area contributed by atoms with Crippen molar-refractivity contribution in [1.82, 2.24) is 4.90 Å². The lowest BCUT2D eigenvalue weighted by molar-refractivity contribution is 0.313. The summed E-state index contributed by atoms with van der Waals surface area (Å²) in [4.78, 5) is 2.32. The molecule has 0 N–H and O–H groups in total. The molecule has 0 unspecified atom stereocenters. The minimum atomic E-state index is 0.562. The first kappa shape index (κ1) is 11.0. The van der Waals surface area contributed by atoms with Crippen LogP contribution in [0.2, 0.25) is 5.02 Å². The second-order valence-corrected chi connectivity index (χ2v) is 5.19. The monoisotopic (exact) mass is 223 g/mol. The number of hydrogen-bond donors (Lipinski definition) is 0. The maximum atomic E-state index is 6.33. The molecule has 0 spiro atoms. The minimum absolute atomic E-state index is 0.562. The molecular weight excluding hydrogens is 206 g/mol. The fourth-order valence-corrected chi connectivity index (χ4v) is 2.42. The Bertz CT molecular complexity index is 371. The van der Waals surface area contributed by atoms with Gasteiger partial charge in [-0.3, -0.25) is 0 Å². The Hall–Kier alpha value is -0.530. The van der Waals surface area contributed by atoms with Crippen LogP contribution in [0.5, 0.6) is 0 Å². The average Bonchev–Trinajstić information content (AvgIpc) is 2.18. The van der Waals surface area contributed by atoms with Crippen LogP contribution in [-0.4, -0.2) is 18.5 Å². The molecule has 15 heavy (non-hydrogen) atoms. The quantitative estimate of drug-likeness (QED) is 0.705. The first-order valence-corrected chi connectivity index (χ1v) is 5.95. The molecule has 2 rings (SSSR count). The normalized spacial score (nSPS) is 16.9. The topological polar surface area (TPSA) is 3.24 Å². The smallest absolute Gasteiger partial charge is 0.0456 e. The summed E-state index contributed by atoms with van der Waals surface area (Å²) in [6.45, 7) is 6.57. The van der Waals surface area contributed by atoms with Crippen LogP contribution in [0.1, 0.15) is 36.5 Å². The number of fused-ring (bicyclic) bond motifs is 1. The summed E-state index contributed by atoms with van der Waals surface area (Å²) >= 11 is 6.33. The van der Waals surface area contributed by atoms with Crippen molar-refractivity contribution in [3.8, 4) is 0 Å². The maximum Gasteiger partial charge on any atom is 0.0456 e. The number of likely N-dealkylation sites (N-methyl/N-ethyl adjacent to an activating group) is 1. The Labute approximate surface area is 97.0 Å². The van der Waals surface area contributed by atoms with Crippen molar-refractivity contribution in [3.63, 3.8) is 0 Å². The highest BCUT2D eigenvalue weighted by atomic mass is 35.5. The van der Waals surface area contributed by atoms with Gasteiger partial charge in [-0.15, -0.1) is 0 Å². The Morgan fingerprint density at radius 1 is 1.33 bits per heavy atom. The third-order valence-electron chi connectivity index (χ3n) is 3.17. The van der Waals surface area contributed by atoms with Gasteiger partial charge in [0.25, 0.3) is 0 Å². The minimum Gasteiger partial charge on any atom is -0.302 e. The van der Waals surface area contributed by atoms with E-state index in [0.717, 1.165) is 24.5 Å². The van der Waals surface area contributed by atoms with Crippen LogP contribution in [-0.2, 0) is 13.0 Å². The largest absolute Gasteiger partial charge is 0.302 e. The molecule has 1 aliphatic heterocycles. The van der Waals surface area contributed by atoms with Crippen molar-refractivity contribution in [2.45, 2.75) is 32.7 Å². The summed E-state index contributed by atoms with van der Waals surface area (Å²) in [5.74, 6) is 0.562. The van der Waals surface area contributed by atoms with Crippen molar-refractivity contribution >= 4 is 11.6 Å². The van der Waals surface area contributed by atoms with Crippen LogP contribution in [0.25, 0.3) is 0 Å². The zero-order chi connectivity index (χ0) is 11.0. The van der Waals surface area contributed by atoms with Crippen molar-refractivity contribution in [2.24, 2.45) is 0 Å². The lowest BCUT2D eigenvalue weighted by atomic mass is 9.93. The van der Waals surface area contributed by atoms with E-state index in [1.807, 2.05) is 0 Å². The molecule has 1 aromatic carbocycles. The predicted molar refractivity (Wildman–Crippen MR) is 65.6 cm³/mol. The van der Waals surface area contributed by atoms with Crippen LogP contribution >= 0.6 is 11.6 Å². The Morgan fingerprint density at radius 2 is 2.07 bits per heavy atom. The first-order chi connectivity index (χ1) is 7.08. The molecule has 0 aromatic heterocycles. The van der Waals surface area contributed by atoms with Gasteiger partial charge >= 0.3 is 0 Å². The highest BCUT2D eigenvalue weighted by Gasteiger charge is 2.17. The van der Waals surface area contributed by atoms with E-state index in [0.29, 0.717) is 5.92 Å². The lowest BCUT2D eigenvalue weighted by Gasteiger charge is -2.26. The van der Waals surface area contributed by atoms with E-state index >= 15 is 0 Å².